The Balaban J connectivity index is 1.46. The van der Waals surface area contributed by atoms with Gasteiger partial charge in [0.15, 0.2) is 5.82 Å². The van der Waals surface area contributed by atoms with Gasteiger partial charge in [0, 0.05) is 49.6 Å². The Hall–Kier alpha value is -3.55. The van der Waals surface area contributed by atoms with Gasteiger partial charge in [-0.05, 0) is 38.1 Å². The number of benzene rings is 1. The van der Waals surface area contributed by atoms with Crippen molar-refractivity contribution < 1.29 is 14.1 Å². The maximum absolute atomic E-state index is 13.3. The summed E-state index contributed by atoms with van der Waals surface area (Å²) in [7, 11) is 0. The lowest BCUT2D eigenvalue weighted by molar-refractivity contribution is 0.0726. The van der Waals surface area contributed by atoms with E-state index in [2.05, 4.69) is 15.1 Å². The first-order chi connectivity index (χ1) is 15.0. The molecule has 2 aliphatic rings. The van der Waals surface area contributed by atoms with E-state index in [1.165, 1.54) is 0 Å². The first kappa shape index (κ1) is 19.4. The number of carbonyl (C=O) groups excluding carboxylic acids is 2. The second-order valence-corrected chi connectivity index (χ2v) is 8.37. The van der Waals surface area contributed by atoms with Crippen LogP contribution in [0.25, 0.3) is 0 Å². The van der Waals surface area contributed by atoms with E-state index in [0.29, 0.717) is 54.7 Å². The summed E-state index contributed by atoms with van der Waals surface area (Å²) in [6.45, 7) is 5.52. The topological polar surface area (TPSA) is 92.4 Å². The van der Waals surface area contributed by atoms with E-state index < -0.39 is 5.41 Å². The third-order valence-corrected chi connectivity index (χ3v) is 6.40. The second kappa shape index (κ2) is 7.30. The number of hydrogen-bond acceptors (Lipinski definition) is 6. The molecule has 2 atom stereocenters. The van der Waals surface area contributed by atoms with E-state index in [1.54, 1.807) is 25.3 Å². The summed E-state index contributed by atoms with van der Waals surface area (Å²) in [5, 5.41) is 3.98. The number of aryl methyl sites for hydroxylation is 2. The molecule has 2 amide bonds. The van der Waals surface area contributed by atoms with Crippen molar-refractivity contribution in [1.82, 2.24) is 24.9 Å². The highest BCUT2D eigenvalue weighted by Crippen LogP contribution is 2.45. The third-order valence-electron chi connectivity index (χ3n) is 6.40. The zero-order valence-electron chi connectivity index (χ0n) is 17.5. The molecule has 0 spiro atoms. The number of pyridine rings is 1. The molecule has 2 saturated heterocycles. The van der Waals surface area contributed by atoms with Crippen LogP contribution in [0.5, 0.6) is 0 Å². The molecule has 2 aliphatic heterocycles. The van der Waals surface area contributed by atoms with Crippen LogP contribution in [-0.2, 0) is 5.41 Å². The molecule has 158 valence electrons. The Morgan fingerprint density at radius 3 is 2.35 bits per heavy atom. The van der Waals surface area contributed by atoms with Crippen LogP contribution in [0.15, 0.2) is 53.2 Å². The van der Waals surface area contributed by atoms with Crippen LogP contribution in [0.2, 0.25) is 0 Å². The number of rotatable bonds is 3. The van der Waals surface area contributed by atoms with Crippen molar-refractivity contribution in [2.75, 3.05) is 26.2 Å². The van der Waals surface area contributed by atoms with Crippen LogP contribution in [-0.4, -0.2) is 62.9 Å². The molecule has 0 aliphatic carbocycles. The lowest BCUT2D eigenvalue weighted by Crippen LogP contribution is -2.41. The lowest BCUT2D eigenvalue weighted by atomic mass is 9.81. The standard InChI is InChI=1S/C23H23N5O3/c1-15-19(9-6-10-24-15)21(30)28-12-18-11-27(20(29)17-7-4-3-5-8-17)13-23(18,14-28)22-25-16(2)26-31-22/h3-10,18H,11-14H2,1-2H3/t18-,23-/m1/s1. The van der Waals surface area contributed by atoms with Crippen LogP contribution in [0.3, 0.4) is 0 Å². The molecule has 0 saturated carbocycles. The zero-order valence-corrected chi connectivity index (χ0v) is 17.5. The van der Waals surface area contributed by atoms with E-state index in [9.17, 15) is 9.59 Å². The van der Waals surface area contributed by atoms with Crippen molar-refractivity contribution in [2.45, 2.75) is 19.3 Å². The fourth-order valence-corrected chi connectivity index (χ4v) is 4.82. The molecule has 0 unspecified atom stereocenters. The molecule has 0 radical (unpaired) electrons. The van der Waals surface area contributed by atoms with Gasteiger partial charge in [-0.3, -0.25) is 14.6 Å². The highest BCUT2D eigenvalue weighted by Gasteiger charge is 2.58. The average molecular weight is 417 g/mol. The molecule has 3 aromatic rings. The molecular formula is C23H23N5O3. The summed E-state index contributed by atoms with van der Waals surface area (Å²) in [5.74, 6) is 0.976. The Morgan fingerprint density at radius 2 is 1.71 bits per heavy atom. The lowest BCUT2D eigenvalue weighted by Gasteiger charge is -2.26. The van der Waals surface area contributed by atoms with Crippen molar-refractivity contribution >= 4 is 11.8 Å². The van der Waals surface area contributed by atoms with Gasteiger partial charge in [-0.2, -0.15) is 4.98 Å². The third kappa shape index (κ3) is 3.19. The number of amides is 2. The zero-order chi connectivity index (χ0) is 21.6. The smallest absolute Gasteiger partial charge is 0.255 e. The van der Waals surface area contributed by atoms with Crippen LogP contribution >= 0.6 is 0 Å². The highest BCUT2D eigenvalue weighted by molar-refractivity contribution is 5.96. The largest absolute Gasteiger partial charge is 0.339 e. The maximum atomic E-state index is 13.3. The van der Waals surface area contributed by atoms with Gasteiger partial charge in [0.25, 0.3) is 11.8 Å². The summed E-state index contributed by atoms with van der Waals surface area (Å²) in [6, 6.07) is 12.8. The predicted octanol–water partition coefficient (Wildman–Crippen LogP) is 2.25. The van der Waals surface area contributed by atoms with Gasteiger partial charge in [-0.25, -0.2) is 0 Å². The van der Waals surface area contributed by atoms with Gasteiger partial charge in [-0.1, -0.05) is 23.4 Å². The Morgan fingerprint density at radius 1 is 1.00 bits per heavy atom. The van der Waals surface area contributed by atoms with E-state index in [1.807, 2.05) is 47.1 Å². The van der Waals surface area contributed by atoms with Crippen LogP contribution in [0.1, 0.15) is 38.1 Å². The molecule has 1 aromatic carbocycles. The SMILES string of the molecule is Cc1noc([C@@]23CN(C(=O)c4ccccc4)C[C@@H]2CN(C(=O)c2cccnc2C)C3)n1. The summed E-state index contributed by atoms with van der Waals surface area (Å²) < 4.78 is 5.59. The van der Waals surface area contributed by atoms with E-state index >= 15 is 0 Å². The Labute approximate surface area is 179 Å². The van der Waals surface area contributed by atoms with Gasteiger partial charge in [-0.15, -0.1) is 0 Å². The molecule has 31 heavy (non-hydrogen) atoms. The number of aromatic nitrogens is 3. The fourth-order valence-electron chi connectivity index (χ4n) is 4.82. The molecule has 2 fully saturated rings. The van der Waals surface area contributed by atoms with Gasteiger partial charge < -0.3 is 14.3 Å². The predicted molar refractivity (Wildman–Crippen MR) is 111 cm³/mol. The molecule has 0 bridgehead atoms. The van der Waals surface area contributed by atoms with E-state index in [4.69, 9.17) is 4.52 Å². The maximum Gasteiger partial charge on any atom is 0.255 e. The van der Waals surface area contributed by atoms with Gasteiger partial charge in [0.2, 0.25) is 5.89 Å². The van der Waals surface area contributed by atoms with Crippen LogP contribution in [0.4, 0.5) is 0 Å². The summed E-state index contributed by atoms with van der Waals surface area (Å²) in [4.78, 5) is 38.8. The molecule has 8 heteroatoms. The summed E-state index contributed by atoms with van der Waals surface area (Å²) in [5.41, 5.74) is 1.38. The van der Waals surface area contributed by atoms with E-state index in [-0.39, 0.29) is 17.7 Å². The number of carbonyl (C=O) groups is 2. The first-order valence-electron chi connectivity index (χ1n) is 10.3. The van der Waals surface area contributed by atoms with E-state index in [0.717, 1.165) is 0 Å². The normalized spacial score (nSPS) is 22.6. The Bertz CT molecular complexity index is 1140. The monoisotopic (exact) mass is 417 g/mol. The minimum atomic E-state index is -0.572. The van der Waals surface area contributed by atoms with Crippen LogP contribution < -0.4 is 0 Å². The second-order valence-electron chi connectivity index (χ2n) is 8.37. The molecule has 0 N–H and O–H groups in total. The van der Waals surface area contributed by atoms with Crippen molar-refractivity contribution in [1.29, 1.82) is 0 Å². The number of nitrogens with zero attached hydrogens (tertiary/aromatic N) is 5. The number of hydrogen-bond donors (Lipinski definition) is 0. The highest BCUT2D eigenvalue weighted by atomic mass is 16.5. The molecule has 5 rings (SSSR count). The van der Waals surface area contributed by atoms with Crippen molar-refractivity contribution in [3.8, 4) is 0 Å². The van der Waals surface area contributed by atoms with Gasteiger partial charge in [0.1, 0.15) is 0 Å². The first-order valence-corrected chi connectivity index (χ1v) is 10.3. The molecule has 4 heterocycles. The van der Waals surface area contributed by atoms with Crippen molar-refractivity contribution in [2.24, 2.45) is 5.92 Å². The van der Waals surface area contributed by atoms with Gasteiger partial charge >= 0.3 is 0 Å². The molecule has 8 nitrogen and oxygen atoms in total. The van der Waals surface area contributed by atoms with Crippen LogP contribution in [0, 0.1) is 19.8 Å². The molecule has 2 aromatic heterocycles. The summed E-state index contributed by atoms with van der Waals surface area (Å²) in [6.07, 6.45) is 1.68. The van der Waals surface area contributed by atoms with Gasteiger partial charge in [0.05, 0.1) is 11.0 Å². The fraction of sp³-hybridized carbons (Fsp3) is 0.348. The quantitative estimate of drug-likeness (QED) is 0.649. The number of likely N-dealkylation sites (tertiary alicyclic amines) is 2. The summed E-state index contributed by atoms with van der Waals surface area (Å²) >= 11 is 0. The average Bonchev–Trinajstić information content (AvgIpc) is 3.46. The van der Waals surface area contributed by atoms with Crippen molar-refractivity contribution in [3.63, 3.8) is 0 Å². The Kier molecular flexibility index (Phi) is 4.57. The molecular weight excluding hydrogens is 394 g/mol. The minimum absolute atomic E-state index is 0.0148. The van der Waals surface area contributed by atoms with Crippen molar-refractivity contribution in [3.05, 3.63) is 77.2 Å². The minimum Gasteiger partial charge on any atom is -0.339 e. The number of fused-ring (bicyclic) bond motifs is 1.